The van der Waals surface area contributed by atoms with Gasteiger partial charge in [0.15, 0.2) is 11.6 Å². The van der Waals surface area contributed by atoms with Gasteiger partial charge < -0.3 is 19.5 Å². The maximum absolute atomic E-state index is 13.0. The maximum atomic E-state index is 13.0. The monoisotopic (exact) mass is 403 g/mol. The minimum absolute atomic E-state index is 0.0544. The quantitative estimate of drug-likeness (QED) is 0.840. The number of likely N-dealkylation sites (tertiary alicyclic amines) is 1. The third kappa shape index (κ3) is 3.33. The van der Waals surface area contributed by atoms with Crippen LogP contribution >= 0.6 is 11.3 Å². The summed E-state index contributed by atoms with van der Waals surface area (Å²) in [4.78, 5) is 30.6. The van der Waals surface area contributed by atoms with Crippen LogP contribution in [0.5, 0.6) is 0 Å². The minimum Gasteiger partial charge on any atom is -0.391 e. The van der Waals surface area contributed by atoms with Gasteiger partial charge >= 0.3 is 0 Å². The highest BCUT2D eigenvalue weighted by Crippen LogP contribution is 2.34. The van der Waals surface area contributed by atoms with Gasteiger partial charge in [-0.05, 0) is 19.1 Å². The van der Waals surface area contributed by atoms with Crippen LogP contribution in [-0.2, 0) is 17.9 Å². The average Bonchev–Trinajstić information content (AvgIpc) is 3.37. The van der Waals surface area contributed by atoms with Crippen LogP contribution in [0.3, 0.4) is 0 Å². The lowest BCUT2D eigenvalue weighted by molar-refractivity contribution is -0.136. The van der Waals surface area contributed by atoms with E-state index < -0.39 is 6.10 Å². The number of aliphatic hydroxyl groups excluding tert-OH is 1. The van der Waals surface area contributed by atoms with Gasteiger partial charge in [-0.2, -0.15) is 0 Å². The van der Waals surface area contributed by atoms with Gasteiger partial charge in [-0.25, -0.2) is 0 Å². The van der Waals surface area contributed by atoms with Crippen molar-refractivity contribution < 1.29 is 14.7 Å². The summed E-state index contributed by atoms with van der Waals surface area (Å²) in [5.74, 6) is 1.41. The largest absolute Gasteiger partial charge is 0.391 e. The van der Waals surface area contributed by atoms with Gasteiger partial charge in [-0.1, -0.05) is 13.8 Å². The van der Waals surface area contributed by atoms with Crippen molar-refractivity contribution in [1.82, 2.24) is 24.6 Å². The van der Waals surface area contributed by atoms with Gasteiger partial charge in [-0.15, -0.1) is 21.5 Å². The van der Waals surface area contributed by atoms with Gasteiger partial charge in [0.05, 0.1) is 23.6 Å². The smallest absolute Gasteiger partial charge is 0.264 e. The van der Waals surface area contributed by atoms with Gasteiger partial charge in [0.1, 0.15) is 0 Å². The molecule has 4 heterocycles. The summed E-state index contributed by atoms with van der Waals surface area (Å²) in [7, 11) is 0. The molecule has 2 amide bonds. The zero-order valence-corrected chi connectivity index (χ0v) is 17.1. The highest BCUT2D eigenvalue weighted by molar-refractivity contribution is 7.13. The maximum Gasteiger partial charge on any atom is 0.264 e. The Morgan fingerprint density at radius 3 is 2.71 bits per heavy atom. The van der Waals surface area contributed by atoms with Gasteiger partial charge in [-0.3, -0.25) is 9.59 Å². The fourth-order valence-corrected chi connectivity index (χ4v) is 4.78. The molecule has 0 radical (unpaired) electrons. The van der Waals surface area contributed by atoms with Crippen LogP contribution < -0.4 is 0 Å². The number of carbonyl (C=O) groups is 2. The first-order chi connectivity index (χ1) is 13.3. The number of rotatable bonds is 3. The van der Waals surface area contributed by atoms with Crippen molar-refractivity contribution in [2.24, 2.45) is 5.92 Å². The fraction of sp³-hybridized carbons (Fsp3) is 0.579. The van der Waals surface area contributed by atoms with Crippen LogP contribution in [0.1, 0.15) is 52.5 Å². The Morgan fingerprint density at radius 1 is 1.25 bits per heavy atom. The molecule has 1 fully saturated rings. The summed E-state index contributed by atoms with van der Waals surface area (Å²) in [5.41, 5.74) is 0. The molecule has 2 aromatic rings. The summed E-state index contributed by atoms with van der Waals surface area (Å²) in [5, 5.41) is 18.9. The number of nitrogens with zero attached hydrogens (tertiary/aromatic N) is 5. The van der Waals surface area contributed by atoms with Gasteiger partial charge in [0, 0.05) is 36.9 Å². The molecule has 1 N–H and O–H groups in total. The first-order valence-corrected chi connectivity index (χ1v) is 10.4. The Labute approximate surface area is 167 Å². The summed E-state index contributed by atoms with van der Waals surface area (Å²) in [6.45, 7) is 7.67. The zero-order chi connectivity index (χ0) is 20.0. The van der Waals surface area contributed by atoms with E-state index in [0.29, 0.717) is 43.3 Å². The minimum atomic E-state index is -0.578. The van der Waals surface area contributed by atoms with Crippen molar-refractivity contribution in [3.63, 3.8) is 0 Å². The molecule has 2 aliphatic rings. The lowest BCUT2D eigenvalue weighted by atomic mass is 10.1. The molecular weight excluding hydrogens is 378 g/mol. The highest BCUT2D eigenvalue weighted by atomic mass is 32.1. The molecule has 2 atom stereocenters. The summed E-state index contributed by atoms with van der Waals surface area (Å²) < 4.78 is 2.01. The number of aromatic nitrogens is 3. The third-order valence-electron chi connectivity index (χ3n) is 5.38. The Morgan fingerprint density at radius 2 is 2.04 bits per heavy atom. The van der Waals surface area contributed by atoms with E-state index in [1.54, 1.807) is 9.80 Å². The number of aryl methyl sites for hydroxylation is 1. The second-order valence-corrected chi connectivity index (χ2v) is 9.10. The molecule has 1 saturated heterocycles. The van der Waals surface area contributed by atoms with Crippen LogP contribution in [-0.4, -0.2) is 60.7 Å². The van der Waals surface area contributed by atoms with Crippen molar-refractivity contribution in [2.75, 3.05) is 13.1 Å². The van der Waals surface area contributed by atoms with Crippen molar-refractivity contribution in [3.05, 3.63) is 33.5 Å². The molecule has 0 aromatic carbocycles. The summed E-state index contributed by atoms with van der Waals surface area (Å²) in [6, 6.07) is 3.45. The van der Waals surface area contributed by atoms with Crippen LogP contribution in [0.4, 0.5) is 0 Å². The number of hydrogen-bond donors (Lipinski definition) is 1. The Bertz CT molecular complexity index is 905. The average molecular weight is 404 g/mol. The molecule has 0 unspecified atom stereocenters. The number of fused-ring (bicyclic) bond motifs is 1. The molecule has 0 spiro atoms. The van der Waals surface area contributed by atoms with E-state index in [4.69, 9.17) is 0 Å². The highest BCUT2D eigenvalue weighted by Gasteiger charge is 2.40. The second-order valence-electron chi connectivity index (χ2n) is 7.81. The van der Waals surface area contributed by atoms with Crippen molar-refractivity contribution in [2.45, 2.75) is 52.4 Å². The Balaban J connectivity index is 1.59. The number of aliphatic hydroxyl groups is 1. The van der Waals surface area contributed by atoms with Crippen LogP contribution in [0.2, 0.25) is 0 Å². The molecule has 0 aliphatic carbocycles. The van der Waals surface area contributed by atoms with E-state index >= 15 is 0 Å². The Kier molecular flexibility index (Phi) is 4.96. The summed E-state index contributed by atoms with van der Waals surface area (Å²) in [6.07, 6.45) is -0.131. The van der Waals surface area contributed by atoms with E-state index in [0.717, 1.165) is 10.7 Å². The number of amides is 2. The van der Waals surface area contributed by atoms with Gasteiger partial charge in [0.25, 0.3) is 5.91 Å². The number of carbonyl (C=O) groups excluding carboxylic acids is 2. The van der Waals surface area contributed by atoms with Crippen molar-refractivity contribution in [1.29, 1.82) is 0 Å². The molecule has 28 heavy (non-hydrogen) atoms. The first kappa shape index (κ1) is 19.1. The molecule has 0 bridgehead atoms. The summed E-state index contributed by atoms with van der Waals surface area (Å²) >= 11 is 1.46. The molecule has 150 valence electrons. The molecule has 2 aromatic heterocycles. The van der Waals surface area contributed by atoms with E-state index in [1.165, 1.54) is 11.3 Å². The fourth-order valence-electron chi connectivity index (χ4n) is 3.95. The van der Waals surface area contributed by atoms with E-state index in [-0.39, 0.29) is 23.8 Å². The third-order valence-corrected chi connectivity index (χ3v) is 6.37. The SMILES string of the molecule is Cc1ccc(C(=O)N2C[C@@H](O)C[C@H]2c2nnc3n2CCN(C(=O)C(C)C)C3)s1. The van der Waals surface area contributed by atoms with Crippen LogP contribution in [0, 0.1) is 12.8 Å². The van der Waals surface area contributed by atoms with Crippen LogP contribution in [0.15, 0.2) is 12.1 Å². The predicted molar refractivity (Wildman–Crippen MR) is 104 cm³/mol. The van der Waals surface area contributed by atoms with E-state index in [1.807, 2.05) is 37.5 Å². The van der Waals surface area contributed by atoms with E-state index in [2.05, 4.69) is 10.2 Å². The molecule has 9 heteroatoms. The Hall–Kier alpha value is -2.26. The standard InChI is InChI=1S/C19H25N5O3S/c1-11(2)18(26)22-6-7-23-16(10-22)20-21-17(23)14-8-13(25)9-24(14)19(27)15-5-4-12(3)28-15/h4-5,11,13-14,25H,6-10H2,1-3H3/t13-,14-/m0/s1. The predicted octanol–water partition coefficient (Wildman–Crippen LogP) is 1.59. The number of thiophene rings is 1. The molecule has 8 nitrogen and oxygen atoms in total. The number of β-amino-alcohol motifs (C(OH)–C–C–N with tert-alkyl or cyclic N) is 1. The van der Waals surface area contributed by atoms with Crippen molar-refractivity contribution >= 4 is 23.2 Å². The second kappa shape index (κ2) is 7.29. The molecule has 4 rings (SSSR count). The topological polar surface area (TPSA) is 91.6 Å². The zero-order valence-electron chi connectivity index (χ0n) is 16.3. The molecule has 0 saturated carbocycles. The lowest BCUT2D eigenvalue weighted by Crippen LogP contribution is -2.41. The van der Waals surface area contributed by atoms with Crippen LogP contribution in [0.25, 0.3) is 0 Å². The molecular formula is C19H25N5O3S. The van der Waals surface area contributed by atoms with Gasteiger partial charge in [0.2, 0.25) is 5.91 Å². The lowest BCUT2D eigenvalue weighted by Gasteiger charge is -2.30. The molecule has 2 aliphatic heterocycles. The van der Waals surface area contributed by atoms with E-state index in [9.17, 15) is 14.7 Å². The normalized spacial score (nSPS) is 22.0. The van der Waals surface area contributed by atoms with Crippen molar-refractivity contribution in [3.8, 4) is 0 Å². The first-order valence-electron chi connectivity index (χ1n) is 9.61. The number of hydrogen-bond acceptors (Lipinski definition) is 6.